The molecular weight excluding hydrogens is 359 g/mol. The van der Waals surface area contributed by atoms with Crippen molar-refractivity contribution in [1.29, 1.82) is 5.26 Å². The smallest absolute Gasteiger partial charge is 0.360 e. The SMILES string of the molecule is CC(=O)c1ccc(NC(=O)/C(C#N)=C\Nc2ccccc2C(F)(F)F)cc1. The first-order valence-electron chi connectivity index (χ1n) is 7.67. The number of benzene rings is 2. The molecule has 0 unspecified atom stereocenters. The third-order valence-electron chi connectivity index (χ3n) is 3.52. The van der Waals surface area contributed by atoms with Gasteiger partial charge < -0.3 is 10.6 Å². The van der Waals surface area contributed by atoms with Crippen LogP contribution in [-0.2, 0) is 11.0 Å². The molecule has 1 amide bonds. The normalized spacial score (nSPS) is 11.4. The van der Waals surface area contributed by atoms with Gasteiger partial charge in [0.05, 0.1) is 11.3 Å². The van der Waals surface area contributed by atoms with E-state index in [1.807, 2.05) is 0 Å². The number of nitrogens with zero attached hydrogens (tertiary/aromatic N) is 1. The largest absolute Gasteiger partial charge is 0.418 e. The number of anilines is 2. The molecule has 0 aliphatic heterocycles. The fraction of sp³-hybridized carbons (Fsp3) is 0.105. The maximum Gasteiger partial charge on any atom is 0.418 e. The fourth-order valence-electron chi connectivity index (χ4n) is 2.14. The van der Waals surface area contributed by atoms with Crippen molar-refractivity contribution in [1.82, 2.24) is 0 Å². The summed E-state index contributed by atoms with van der Waals surface area (Å²) < 4.78 is 38.9. The summed E-state index contributed by atoms with van der Waals surface area (Å²) in [4.78, 5) is 23.4. The first-order chi connectivity index (χ1) is 12.7. The molecule has 0 bridgehead atoms. The first kappa shape index (κ1) is 19.7. The van der Waals surface area contributed by atoms with Gasteiger partial charge in [0, 0.05) is 17.5 Å². The van der Waals surface area contributed by atoms with E-state index >= 15 is 0 Å². The lowest BCUT2D eigenvalue weighted by atomic mass is 10.1. The average Bonchev–Trinajstić information content (AvgIpc) is 2.62. The Labute approximate surface area is 153 Å². The molecule has 2 rings (SSSR count). The molecule has 0 saturated carbocycles. The fourth-order valence-corrected chi connectivity index (χ4v) is 2.14. The van der Waals surface area contributed by atoms with Crippen LogP contribution >= 0.6 is 0 Å². The topological polar surface area (TPSA) is 82.0 Å². The number of Topliss-reactive ketones (excluding diaryl/α,β-unsaturated/α-hetero) is 1. The molecule has 0 spiro atoms. The van der Waals surface area contributed by atoms with Crippen molar-refractivity contribution < 1.29 is 22.8 Å². The summed E-state index contributed by atoms with van der Waals surface area (Å²) in [5.41, 5.74) is -0.825. The van der Waals surface area contributed by atoms with Crippen molar-refractivity contribution in [2.24, 2.45) is 0 Å². The highest BCUT2D eigenvalue weighted by Gasteiger charge is 2.33. The molecule has 2 aromatic carbocycles. The van der Waals surface area contributed by atoms with Crippen molar-refractivity contribution in [2.75, 3.05) is 10.6 Å². The Balaban J connectivity index is 2.16. The van der Waals surface area contributed by atoms with Crippen molar-refractivity contribution >= 4 is 23.1 Å². The Morgan fingerprint density at radius 1 is 1.07 bits per heavy atom. The molecule has 138 valence electrons. The van der Waals surface area contributed by atoms with E-state index in [4.69, 9.17) is 5.26 Å². The predicted octanol–water partition coefficient (Wildman–Crippen LogP) is 4.37. The third kappa shape index (κ3) is 5.19. The minimum Gasteiger partial charge on any atom is -0.360 e. The van der Waals surface area contributed by atoms with E-state index in [1.165, 1.54) is 49.4 Å². The van der Waals surface area contributed by atoms with Gasteiger partial charge in [0.1, 0.15) is 11.6 Å². The molecular formula is C19H14F3N3O2. The zero-order chi connectivity index (χ0) is 20.0. The lowest BCUT2D eigenvalue weighted by Gasteiger charge is -2.12. The second-order valence-corrected chi connectivity index (χ2v) is 5.45. The Morgan fingerprint density at radius 3 is 2.26 bits per heavy atom. The van der Waals surface area contributed by atoms with Crippen LogP contribution in [0.25, 0.3) is 0 Å². The molecule has 0 aliphatic carbocycles. The summed E-state index contributed by atoms with van der Waals surface area (Å²) in [6.07, 6.45) is -3.67. The van der Waals surface area contributed by atoms with Crippen LogP contribution < -0.4 is 10.6 Å². The van der Waals surface area contributed by atoms with Gasteiger partial charge in [-0.3, -0.25) is 9.59 Å². The Hall–Kier alpha value is -3.60. The molecule has 0 atom stereocenters. The molecule has 0 aliphatic rings. The van der Waals surface area contributed by atoms with Gasteiger partial charge in [-0.05, 0) is 43.3 Å². The molecule has 27 heavy (non-hydrogen) atoms. The van der Waals surface area contributed by atoms with E-state index in [0.29, 0.717) is 11.3 Å². The van der Waals surface area contributed by atoms with Gasteiger partial charge in [-0.25, -0.2) is 0 Å². The molecule has 8 heteroatoms. The van der Waals surface area contributed by atoms with Gasteiger partial charge in [-0.15, -0.1) is 0 Å². The van der Waals surface area contributed by atoms with E-state index in [1.54, 1.807) is 6.07 Å². The maximum atomic E-state index is 13.0. The van der Waals surface area contributed by atoms with E-state index in [9.17, 15) is 22.8 Å². The van der Waals surface area contributed by atoms with Crippen molar-refractivity contribution in [3.63, 3.8) is 0 Å². The highest BCUT2D eigenvalue weighted by molar-refractivity contribution is 6.07. The van der Waals surface area contributed by atoms with Gasteiger partial charge in [0.2, 0.25) is 0 Å². The number of para-hydroxylation sites is 1. The molecule has 0 fully saturated rings. The van der Waals surface area contributed by atoms with Crippen LogP contribution in [0.15, 0.2) is 60.3 Å². The average molecular weight is 373 g/mol. The lowest BCUT2D eigenvalue weighted by molar-refractivity contribution is -0.136. The Kier molecular flexibility index (Phi) is 5.98. The highest BCUT2D eigenvalue weighted by atomic mass is 19.4. The number of carbonyl (C=O) groups is 2. The molecule has 0 radical (unpaired) electrons. The molecule has 0 saturated heterocycles. The molecule has 2 N–H and O–H groups in total. The number of rotatable bonds is 5. The number of alkyl halides is 3. The standard InChI is InChI=1S/C19H14F3N3O2/c1-12(26)13-6-8-15(9-7-13)25-18(27)14(10-23)11-24-17-5-3-2-4-16(17)19(20,21)22/h2-9,11,24H,1H3,(H,25,27)/b14-11-. The Bertz CT molecular complexity index is 926. The Morgan fingerprint density at radius 2 is 1.70 bits per heavy atom. The van der Waals surface area contributed by atoms with Gasteiger partial charge >= 0.3 is 6.18 Å². The third-order valence-corrected chi connectivity index (χ3v) is 3.52. The van der Waals surface area contributed by atoms with E-state index in [0.717, 1.165) is 12.3 Å². The minimum absolute atomic E-state index is 0.141. The number of hydrogen-bond acceptors (Lipinski definition) is 4. The van der Waals surface area contributed by atoms with Crippen LogP contribution in [0.3, 0.4) is 0 Å². The molecule has 0 aromatic heterocycles. The van der Waals surface area contributed by atoms with Gasteiger partial charge in [-0.1, -0.05) is 12.1 Å². The number of nitriles is 1. The van der Waals surface area contributed by atoms with Crippen LogP contribution in [0.4, 0.5) is 24.5 Å². The van der Waals surface area contributed by atoms with Crippen LogP contribution in [0, 0.1) is 11.3 Å². The van der Waals surface area contributed by atoms with Crippen LogP contribution in [-0.4, -0.2) is 11.7 Å². The van der Waals surface area contributed by atoms with Crippen LogP contribution in [0.5, 0.6) is 0 Å². The maximum absolute atomic E-state index is 13.0. The lowest BCUT2D eigenvalue weighted by Crippen LogP contribution is -2.15. The zero-order valence-corrected chi connectivity index (χ0v) is 14.1. The monoisotopic (exact) mass is 373 g/mol. The van der Waals surface area contributed by atoms with Gasteiger partial charge in [0.25, 0.3) is 5.91 Å². The van der Waals surface area contributed by atoms with E-state index in [-0.39, 0.29) is 11.5 Å². The van der Waals surface area contributed by atoms with E-state index in [2.05, 4.69) is 10.6 Å². The number of hydrogen-bond donors (Lipinski definition) is 2. The quantitative estimate of drug-likeness (QED) is 0.463. The summed E-state index contributed by atoms with van der Waals surface area (Å²) in [5.74, 6) is -0.942. The molecule has 0 heterocycles. The first-order valence-corrected chi connectivity index (χ1v) is 7.67. The zero-order valence-electron chi connectivity index (χ0n) is 14.1. The van der Waals surface area contributed by atoms with Crippen LogP contribution in [0.2, 0.25) is 0 Å². The summed E-state index contributed by atoms with van der Waals surface area (Å²) >= 11 is 0. The second-order valence-electron chi connectivity index (χ2n) is 5.45. The van der Waals surface area contributed by atoms with Crippen LogP contribution in [0.1, 0.15) is 22.8 Å². The molecule has 5 nitrogen and oxygen atoms in total. The number of nitrogens with one attached hydrogen (secondary N) is 2. The summed E-state index contributed by atoms with van der Waals surface area (Å²) in [5, 5.41) is 13.9. The van der Waals surface area contributed by atoms with Crippen molar-refractivity contribution in [3.05, 3.63) is 71.4 Å². The summed E-state index contributed by atoms with van der Waals surface area (Å²) in [7, 11) is 0. The van der Waals surface area contributed by atoms with Gasteiger partial charge in [0.15, 0.2) is 5.78 Å². The van der Waals surface area contributed by atoms with Crippen molar-refractivity contribution in [2.45, 2.75) is 13.1 Å². The minimum atomic E-state index is -4.58. The number of ketones is 1. The summed E-state index contributed by atoms with van der Waals surface area (Å²) in [6, 6.07) is 12.3. The summed E-state index contributed by atoms with van der Waals surface area (Å²) in [6.45, 7) is 1.40. The number of carbonyl (C=O) groups excluding carboxylic acids is 2. The van der Waals surface area contributed by atoms with Gasteiger partial charge in [-0.2, -0.15) is 18.4 Å². The second kappa shape index (κ2) is 8.19. The van der Waals surface area contributed by atoms with E-state index < -0.39 is 23.2 Å². The van der Waals surface area contributed by atoms with Crippen molar-refractivity contribution in [3.8, 4) is 6.07 Å². The molecule has 2 aromatic rings. The number of halogens is 3. The predicted molar refractivity (Wildman–Crippen MR) is 93.8 cm³/mol. The highest BCUT2D eigenvalue weighted by Crippen LogP contribution is 2.34. The number of amides is 1.